The molecule has 28 heavy (non-hydrogen) atoms. The van der Waals surface area contributed by atoms with Crippen LogP contribution in [0.3, 0.4) is 0 Å². The highest BCUT2D eigenvalue weighted by molar-refractivity contribution is 6.30. The molecule has 0 aliphatic heterocycles. The second-order valence-corrected chi connectivity index (χ2v) is 6.21. The Morgan fingerprint density at radius 2 is 1.79 bits per heavy atom. The summed E-state index contributed by atoms with van der Waals surface area (Å²) in [4.78, 5) is 20.8. The van der Waals surface area contributed by atoms with Crippen LogP contribution >= 0.6 is 11.6 Å². The Hall–Kier alpha value is -3.32. The fourth-order valence-corrected chi connectivity index (χ4v) is 2.60. The number of anilines is 2. The maximum Gasteiger partial charge on any atom is 0.274 e. The van der Waals surface area contributed by atoms with E-state index in [1.165, 1.54) is 6.20 Å². The molecular formula is C20H19ClN4O3. The van der Waals surface area contributed by atoms with Gasteiger partial charge in [0.2, 0.25) is 5.95 Å². The molecule has 2 aromatic carbocycles. The normalized spacial score (nSPS) is 10.2. The maximum atomic E-state index is 12.4. The number of aromatic nitrogens is 2. The van der Waals surface area contributed by atoms with E-state index >= 15 is 0 Å². The molecule has 0 spiro atoms. The van der Waals surface area contributed by atoms with Gasteiger partial charge in [0.1, 0.15) is 5.69 Å². The zero-order valence-electron chi connectivity index (χ0n) is 15.4. The molecule has 1 amide bonds. The van der Waals surface area contributed by atoms with Crippen LogP contribution in [0.15, 0.2) is 54.7 Å². The zero-order chi connectivity index (χ0) is 19.9. The van der Waals surface area contributed by atoms with E-state index in [0.29, 0.717) is 34.7 Å². The lowest BCUT2D eigenvalue weighted by Crippen LogP contribution is -2.15. The highest BCUT2D eigenvalue weighted by Gasteiger charge is 2.10. The van der Waals surface area contributed by atoms with Crippen molar-refractivity contribution in [2.75, 3.05) is 24.9 Å². The molecule has 0 unspecified atom stereocenters. The Labute approximate surface area is 167 Å². The van der Waals surface area contributed by atoms with E-state index < -0.39 is 0 Å². The molecule has 0 fully saturated rings. The third kappa shape index (κ3) is 4.89. The van der Waals surface area contributed by atoms with Gasteiger partial charge in [-0.2, -0.15) is 0 Å². The van der Waals surface area contributed by atoms with Crippen molar-refractivity contribution in [2.45, 2.75) is 6.54 Å². The van der Waals surface area contributed by atoms with Crippen LogP contribution in [0, 0.1) is 0 Å². The summed E-state index contributed by atoms with van der Waals surface area (Å²) >= 11 is 5.85. The first kappa shape index (κ1) is 19.4. The van der Waals surface area contributed by atoms with Crippen LogP contribution in [0.25, 0.3) is 0 Å². The van der Waals surface area contributed by atoms with E-state index in [1.54, 1.807) is 44.6 Å². The number of halogens is 1. The highest BCUT2D eigenvalue weighted by Crippen LogP contribution is 2.27. The maximum absolute atomic E-state index is 12.4. The average molecular weight is 399 g/mol. The summed E-state index contributed by atoms with van der Waals surface area (Å²) in [5, 5.41) is 6.47. The third-order valence-electron chi connectivity index (χ3n) is 3.89. The van der Waals surface area contributed by atoms with Crippen molar-refractivity contribution < 1.29 is 14.3 Å². The van der Waals surface area contributed by atoms with E-state index in [1.807, 2.05) is 18.2 Å². The van der Waals surface area contributed by atoms with Crippen molar-refractivity contribution in [1.82, 2.24) is 9.97 Å². The minimum absolute atomic E-state index is 0.250. The van der Waals surface area contributed by atoms with Gasteiger partial charge in [0, 0.05) is 23.5 Å². The lowest BCUT2D eigenvalue weighted by atomic mass is 10.2. The molecule has 3 rings (SSSR count). The molecular weight excluding hydrogens is 380 g/mol. The predicted molar refractivity (Wildman–Crippen MR) is 108 cm³/mol. The van der Waals surface area contributed by atoms with Crippen LogP contribution in [0.5, 0.6) is 11.5 Å². The van der Waals surface area contributed by atoms with Gasteiger partial charge in [-0.25, -0.2) is 9.97 Å². The SMILES string of the molecule is COc1ccc(CNc2nccc(C(=O)Nc3ccc(Cl)cc3)n2)cc1OC. The molecule has 7 nitrogen and oxygen atoms in total. The zero-order valence-corrected chi connectivity index (χ0v) is 16.2. The van der Waals surface area contributed by atoms with Crippen molar-refractivity contribution in [3.05, 3.63) is 71.0 Å². The standard InChI is InChI=1S/C20H19ClN4O3/c1-27-17-8-3-13(11-18(17)28-2)12-23-20-22-10-9-16(25-20)19(26)24-15-6-4-14(21)5-7-15/h3-11H,12H2,1-2H3,(H,24,26)(H,22,23,25). The molecule has 1 heterocycles. The number of carbonyl (C=O) groups excluding carboxylic acids is 1. The Bertz CT molecular complexity index is 964. The molecule has 0 atom stereocenters. The molecule has 0 saturated carbocycles. The number of benzene rings is 2. The van der Waals surface area contributed by atoms with Gasteiger partial charge >= 0.3 is 0 Å². The quantitative estimate of drug-likeness (QED) is 0.625. The van der Waals surface area contributed by atoms with Gasteiger partial charge in [-0.1, -0.05) is 17.7 Å². The van der Waals surface area contributed by atoms with Crippen molar-refractivity contribution >= 4 is 29.1 Å². The van der Waals surface area contributed by atoms with Crippen LogP contribution in [-0.2, 0) is 6.54 Å². The van der Waals surface area contributed by atoms with Gasteiger partial charge in [-0.15, -0.1) is 0 Å². The summed E-state index contributed by atoms with van der Waals surface area (Å²) < 4.78 is 10.5. The molecule has 3 aromatic rings. The van der Waals surface area contributed by atoms with Crippen LogP contribution in [0.4, 0.5) is 11.6 Å². The van der Waals surface area contributed by atoms with Crippen LogP contribution in [-0.4, -0.2) is 30.1 Å². The molecule has 144 valence electrons. The van der Waals surface area contributed by atoms with Crippen LogP contribution in [0.2, 0.25) is 5.02 Å². The number of nitrogens with one attached hydrogen (secondary N) is 2. The van der Waals surface area contributed by atoms with Gasteiger partial charge in [0.15, 0.2) is 11.5 Å². The third-order valence-corrected chi connectivity index (χ3v) is 4.14. The number of hydrogen-bond acceptors (Lipinski definition) is 6. The average Bonchev–Trinajstić information content (AvgIpc) is 2.73. The monoisotopic (exact) mass is 398 g/mol. The number of nitrogens with zero attached hydrogens (tertiary/aromatic N) is 2. The summed E-state index contributed by atoms with van der Waals surface area (Å²) in [5.41, 5.74) is 1.84. The molecule has 0 aliphatic rings. The number of rotatable bonds is 7. The molecule has 0 bridgehead atoms. The summed E-state index contributed by atoms with van der Waals surface area (Å²) in [6, 6.07) is 14.0. The largest absolute Gasteiger partial charge is 0.493 e. The first-order valence-corrected chi connectivity index (χ1v) is 8.81. The number of methoxy groups -OCH3 is 2. The number of carbonyl (C=O) groups is 1. The van der Waals surface area contributed by atoms with Crippen molar-refractivity contribution in [3.63, 3.8) is 0 Å². The molecule has 0 aliphatic carbocycles. The summed E-state index contributed by atoms with van der Waals surface area (Å²) in [7, 11) is 3.17. The summed E-state index contributed by atoms with van der Waals surface area (Å²) in [6.07, 6.45) is 1.53. The Morgan fingerprint density at radius 3 is 2.50 bits per heavy atom. The predicted octanol–water partition coefficient (Wildman–Crippen LogP) is 4.01. The van der Waals surface area contributed by atoms with E-state index in [9.17, 15) is 4.79 Å². The fourth-order valence-electron chi connectivity index (χ4n) is 2.47. The first-order chi connectivity index (χ1) is 13.6. The highest BCUT2D eigenvalue weighted by atomic mass is 35.5. The van der Waals surface area contributed by atoms with Crippen molar-refractivity contribution in [1.29, 1.82) is 0 Å². The van der Waals surface area contributed by atoms with E-state index in [0.717, 1.165) is 5.56 Å². The number of ether oxygens (including phenoxy) is 2. The second kappa shape index (κ2) is 9.05. The van der Waals surface area contributed by atoms with Crippen molar-refractivity contribution in [3.8, 4) is 11.5 Å². The molecule has 2 N–H and O–H groups in total. The van der Waals surface area contributed by atoms with E-state index in [-0.39, 0.29) is 11.6 Å². The number of amides is 1. The summed E-state index contributed by atoms with van der Waals surface area (Å²) in [6.45, 7) is 0.461. The first-order valence-electron chi connectivity index (χ1n) is 8.44. The van der Waals surface area contributed by atoms with Crippen LogP contribution < -0.4 is 20.1 Å². The van der Waals surface area contributed by atoms with E-state index in [2.05, 4.69) is 20.6 Å². The Morgan fingerprint density at radius 1 is 1.04 bits per heavy atom. The van der Waals surface area contributed by atoms with Gasteiger partial charge in [-0.05, 0) is 48.0 Å². The summed E-state index contributed by atoms with van der Waals surface area (Å²) in [5.74, 6) is 1.31. The van der Waals surface area contributed by atoms with Gasteiger partial charge in [-0.3, -0.25) is 4.79 Å². The fraction of sp³-hybridized carbons (Fsp3) is 0.150. The van der Waals surface area contributed by atoms with Gasteiger partial charge < -0.3 is 20.1 Å². The van der Waals surface area contributed by atoms with Gasteiger partial charge in [0.05, 0.1) is 14.2 Å². The molecule has 8 heteroatoms. The van der Waals surface area contributed by atoms with E-state index in [4.69, 9.17) is 21.1 Å². The second-order valence-electron chi connectivity index (χ2n) is 5.77. The van der Waals surface area contributed by atoms with Gasteiger partial charge in [0.25, 0.3) is 5.91 Å². The smallest absolute Gasteiger partial charge is 0.274 e. The van der Waals surface area contributed by atoms with Crippen LogP contribution in [0.1, 0.15) is 16.1 Å². The minimum atomic E-state index is -0.334. The molecule has 0 radical (unpaired) electrons. The topological polar surface area (TPSA) is 85.4 Å². The molecule has 0 saturated heterocycles. The van der Waals surface area contributed by atoms with Crippen molar-refractivity contribution in [2.24, 2.45) is 0 Å². The minimum Gasteiger partial charge on any atom is -0.493 e. The number of hydrogen-bond donors (Lipinski definition) is 2. The lowest BCUT2D eigenvalue weighted by Gasteiger charge is -2.11. The Balaban J connectivity index is 1.66. The molecule has 1 aromatic heterocycles. The lowest BCUT2D eigenvalue weighted by molar-refractivity contribution is 0.102. The Kier molecular flexibility index (Phi) is 6.29.